The summed E-state index contributed by atoms with van der Waals surface area (Å²) in [4.78, 5) is 42.8. The van der Waals surface area contributed by atoms with E-state index < -0.39 is 5.41 Å². The van der Waals surface area contributed by atoms with E-state index in [2.05, 4.69) is 15.0 Å². The van der Waals surface area contributed by atoms with E-state index in [-0.39, 0.29) is 17.8 Å². The Hall–Kier alpha value is -3.03. The molecule has 2 saturated heterocycles. The monoisotopic (exact) mass is 395 g/mol. The topological polar surface area (TPSA) is 88.5 Å². The fraction of sp³-hybridized carbons (Fsp3) is 0.476. The second-order valence-electron chi connectivity index (χ2n) is 7.57. The molecule has 0 bridgehead atoms. The molecule has 0 saturated carbocycles. The third kappa shape index (κ3) is 3.66. The molecule has 0 aromatic carbocycles. The van der Waals surface area contributed by atoms with Crippen LogP contribution >= 0.6 is 0 Å². The molecule has 29 heavy (non-hydrogen) atoms. The molecule has 0 radical (unpaired) electrons. The number of fused-ring (bicyclic) bond motifs is 1. The second kappa shape index (κ2) is 8.14. The van der Waals surface area contributed by atoms with Crippen molar-refractivity contribution < 1.29 is 14.3 Å². The Kier molecular flexibility index (Phi) is 5.42. The first-order valence-corrected chi connectivity index (χ1v) is 10.0. The van der Waals surface area contributed by atoms with Crippen molar-refractivity contribution in [3.63, 3.8) is 0 Å². The molecule has 2 aliphatic rings. The molecular weight excluding hydrogens is 370 g/mol. The largest absolute Gasteiger partial charge is 0.466 e. The zero-order valence-corrected chi connectivity index (χ0v) is 16.5. The molecule has 8 nitrogen and oxygen atoms in total. The summed E-state index contributed by atoms with van der Waals surface area (Å²) in [6, 6.07) is 7.10. The summed E-state index contributed by atoms with van der Waals surface area (Å²) in [5.74, 6) is 0.266. The van der Waals surface area contributed by atoms with Crippen molar-refractivity contribution in [2.75, 3.05) is 37.7 Å². The van der Waals surface area contributed by atoms with Gasteiger partial charge in [0.05, 0.1) is 12.0 Å². The molecule has 1 amide bonds. The first-order chi connectivity index (χ1) is 14.1. The van der Waals surface area contributed by atoms with Gasteiger partial charge in [0, 0.05) is 50.7 Å². The van der Waals surface area contributed by atoms with Gasteiger partial charge in [0.2, 0.25) is 5.95 Å². The number of hydrogen-bond acceptors (Lipinski definition) is 7. The predicted octanol–water partition coefficient (Wildman–Crippen LogP) is 1.79. The number of pyridine rings is 1. The Labute approximate surface area is 169 Å². The average molecular weight is 395 g/mol. The Balaban J connectivity index is 1.62. The molecule has 0 unspecified atom stereocenters. The highest BCUT2D eigenvalue weighted by Crippen LogP contribution is 2.44. The number of carbonyl (C=O) groups excluding carboxylic acids is 2. The number of likely N-dealkylation sites (tertiary alicyclic amines) is 1. The Morgan fingerprint density at radius 3 is 2.66 bits per heavy atom. The highest BCUT2D eigenvalue weighted by atomic mass is 16.5. The number of carbonyl (C=O) groups is 2. The van der Waals surface area contributed by atoms with Gasteiger partial charge in [-0.2, -0.15) is 0 Å². The fourth-order valence-corrected chi connectivity index (χ4v) is 4.48. The normalized spacial score (nSPS) is 24.0. The molecular formula is C21H25N5O3. The Bertz CT molecular complexity index is 863. The Morgan fingerprint density at radius 1 is 1.14 bits per heavy atom. The molecule has 4 rings (SSSR count). The maximum atomic E-state index is 13.1. The summed E-state index contributed by atoms with van der Waals surface area (Å²) >= 11 is 0. The van der Waals surface area contributed by atoms with Gasteiger partial charge in [-0.1, -0.05) is 6.07 Å². The van der Waals surface area contributed by atoms with E-state index in [4.69, 9.17) is 4.74 Å². The van der Waals surface area contributed by atoms with Crippen LogP contribution in [-0.2, 0) is 9.53 Å². The fourth-order valence-electron chi connectivity index (χ4n) is 4.48. The lowest BCUT2D eigenvalue weighted by Crippen LogP contribution is -2.43. The molecule has 0 N–H and O–H groups in total. The molecule has 2 aliphatic heterocycles. The van der Waals surface area contributed by atoms with Gasteiger partial charge in [-0.25, -0.2) is 9.97 Å². The van der Waals surface area contributed by atoms with E-state index in [1.807, 2.05) is 22.8 Å². The zero-order chi connectivity index (χ0) is 20.3. The van der Waals surface area contributed by atoms with Gasteiger partial charge in [0.15, 0.2) is 0 Å². The maximum absolute atomic E-state index is 13.1. The third-order valence-electron chi connectivity index (χ3n) is 5.88. The lowest BCUT2D eigenvalue weighted by molar-refractivity contribution is -0.157. The van der Waals surface area contributed by atoms with Gasteiger partial charge in [0.25, 0.3) is 5.91 Å². The molecule has 0 aliphatic carbocycles. The summed E-state index contributed by atoms with van der Waals surface area (Å²) in [5.41, 5.74) is -0.230. The second-order valence-corrected chi connectivity index (χ2v) is 7.57. The minimum Gasteiger partial charge on any atom is -0.466 e. The number of anilines is 1. The van der Waals surface area contributed by atoms with E-state index in [1.54, 1.807) is 36.8 Å². The zero-order valence-electron chi connectivity index (χ0n) is 16.5. The van der Waals surface area contributed by atoms with Crippen molar-refractivity contribution in [3.05, 3.63) is 48.5 Å². The van der Waals surface area contributed by atoms with Crippen LogP contribution in [0, 0.1) is 11.3 Å². The van der Waals surface area contributed by atoms with Crippen LogP contribution in [0.1, 0.15) is 30.3 Å². The predicted molar refractivity (Wildman–Crippen MR) is 106 cm³/mol. The van der Waals surface area contributed by atoms with Crippen LogP contribution in [0.25, 0.3) is 0 Å². The summed E-state index contributed by atoms with van der Waals surface area (Å²) in [6.07, 6.45) is 6.43. The smallest absolute Gasteiger partial charge is 0.314 e. The Morgan fingerprint density at radius 2 is 1.93 bits per heavy atom. The van der Waals surface area contributed by atoms with Crippen LogP contribution < -0.4 is 4.90 Å². The standard InChI is InChI=1S/C21H25N5O3/c1-2-29-19(28)21-8-5-12-25(18(27)17-7-3-4-9-22-17)13-16(21)14-26(15-21)20-23-10-6-11-24-20/h3-4,6-7,9-11,16H,2,5,8,12-15H2,1H3/t16-,21-/m0/s1. The number of rotatable bonds is 4. The highest BCUT2D eigenvalue weighted by Gasteiger charge is 2.55. The first-order valence-electron chi connectivity index (χ1n) is 10.0. The first kappa shape index (κ1) is 19.3. The van der Waals surface area contributed by atoms with Crippen molar-refractivity contribution in [1.82, 2.24) is 19.9 Å². The lowest BCUT2D eigenvalue weighted by atomic mass is 9.75. The number of nitrogens with zero attached hydrogens (tertiary/aromatic N) is 5. The van der Waals surface area contributed by atoms with Crippen LogP contribution in [-0.4, -0.2) is 64.5 Å². The van der Waals surface area contributed by atoms with Crippen LogP contribution in [0.15, 0.2) is 42.9 Å². The quantitative estimate of drug-likeness (QED) is 0.729. The van der Waals surface area contributed by atoms with Crippen molar-refractivity contribution >= 4 is 17.8 Å². The molecule has 2 fully saturated rings. The minimum atomic E-state index is -0.658. The van der Waals surface area contributed by atoms with E-state index >= 15 is 0 Å². The highest BCUT2D eigenvalue weighted by molar-refractivity contribution is 5.92. The van der Waals surface area contributed by atoms with Crippen LogP contribution in [0.5, 0.6) is 0 Å². The molecule has 2 aromatic rings. The molecule has 2 atom stereocenters. The number of esters is 1. The number of ether oxygens (including phenoxy) is 1. The molecule has 152 valence electrons. The third-order valence-corrected chi connectivity index (χ3v) is 5.88. The molecule has 8 heteroatoms. The van der Waals surface area contributed by atoms with Crippen molar-refractivity contribution in [2.24, 2.45) is 11.3 Å². The van der Waals surface area contributed by atoms with Crippen molar-refractivity contribution in [3.8, 4) is 0 Å². The molecule has 2 aromatic heterocycles. The average Bonchev–Trinajstić information content (AvgIpc) is 3.03. The number of hydrogen-bond donors (Lipinski definition) is 0. The summed E-state index contributed by atoms with van der Waals surface area (Å²) in [5, 5.41) is 0. The van der Waals surface area contributed by atoms with E-state index in [0.717, 1.165) is 6.42 Å². The van der Waals surface area contributed by atoms with Crippen LogP contribution in [0.2, 0.25) is 0 Å². The van der Waals surface area contributed by atoms with Gasteiger partial charge in [-0.05, 0) is 38.0 Å². The summed E-state index contributed by atoms with van der Waals surface area (Å²) < 4.78 is 5.48. The lowest BCUT2D eigenvalue weighted by Gasteiger charge is -2.31. The van der Waals surface area contributed by atoms with Crippen LogP contribution in [0.4, 0.5) is 5.95 Å². The minimum absolute atomic E-state index is 0.0551. The summed E-state index contributed by atoms with van der Waals surface area (Å²) in [6.45, 7) is 4.36. The van der Waals surface area contributed by atoms with Gasteiger partial charge in [0.1, 0.15) is 5.69 Å². The van der Waals surface area contributed by atoms with Gasteiger partial charge in [-0.3, -0.25) is 14.6 Å². The van der Waals surface area contributed by atoms with E-state index in [0.29, 0.717) is 50.8 Å². The van der Waals surface area contributed by atoms with Crippen molar-refractivity contribution in [1.29, 1.82) is 0 Å². The SMILES string of the molecule is CCOC(=O)[C@]12CCCN(C(=O)c3ccccn3)C[C@H]1CN(c1ncccn1)C2. The number of aromatic nitrogens is 3. The van der Waals surface area contributed by atoms with Gasteiger partial charge < -0.3 is 14.5 Å². The van der Waals surface area contributed by atoms with Gasteiger partial charge >= 0.3 is 5.97 Å². The molecule has 0 spiro atoms. The van der Waals surface area contributed by atoms with Crippen molar-refractivity contribution in [2.45, 2.75) is 19.8 Å². The molecule has 4 heterocycles. The van der Waals surface area contributed by atoms with Gasteiger partial charge in [-0.15, -0.1) is 0 Å². The van der Waals surface area contributed by atoms with E-state index in [1.165, 1.54) is 0 Å². The number of amides is 1. The maximum Gasteiger partial charge on any atom is 0.314 e. The van der Waals surface area contributed by atoms with E-state index in [9.17, 15) is 9.59 Å². The summed E-state index contributed by atoms with van der Waals surface area (Å²) in [7, 11) is 0. The van der Waals surface area contributed by atoms with Crippen LogP contribution in [0.3, 0.4) is 0 Å².